The highest BCUT2D eigenvalue weighted by Gasteiger charge is 2.31. The Morgan fingerprint density at radius 2 is 2.00 bits per heavy atom. The SMILES string of the molecule is CCN(CC)C1CCN(C(CN)CC(=O)N(C)C)C1. The summed E-state index contributed by atoms with van der Waals surface area (Å²) >= 11 is 0. The summed E-state index contributed by atoms with van der Waals surface area (Å²) < 4.78 is 0. The normalized spacial score (nSPS) is 21.9. The molecule has 1 aliphatic rings. The van der Waals surface area contributed by atoms with Crippen LogP contribution in [0, 0.1) is 0 Å². The van der Waals surface area contributed by atoms with Gasteiger partial charge in [0.15, 0.2) is 0 Å². The van der Waals surface area contributed by atoms with Crippen LogP contribution in [0.5, 0.6) is 0 Å². The lowest BCUT2D eigenvalue weighted by Crippen LogP contribution is -2.44. The van der Waals surface area contributed by atoms with Gasteiger partial charge in [-0.15, -0.1) is 0 Å². The van der Waals surface area contributed by atoms with Crippen molar-refractivity contribution >= 4 is 5.91 Å². The zero-order chi connectivity index (χ0) is 14.4. The second kappa shape index (κ2) is 7.82. The zero-order valence-electron chi connectivity index (χ0n) is 12.9. The van der Waals surface area contributed by atoms with E-state index >= 15 is 0 Å². The molecule has 1 saturated heterocycles. The zero-order valence-corrected chi connectivity index (χ0v) is 12.9. The highest BCUT2D eigenvalue weighted by molar-refractivity contribution is 5.76. The Labute approximate surface area is 117 Å². The van der Waals surface area contributed by atoms with Gasteiger partial charge in [0, 0.05) is 52.2 Å². The number of rotatable bonds is 7. The number of likely N-dealkylation sites (N-methyl/N-ethyl adjacent to an activating group) is 1. The maximum Gasteiger partial charge on any atom is 0.223 e. The van der Waals surface area contributed by atoms with E-state index < -0.39 is 0 Å². The Balaban J connectivity index is 2.53. The Morgan fingerprint density at radius 1 is 1.37 bits per heavy atom. The molecule has 19 heavy (non-hydrogen) atoms. The summed E-state index contributed by atoms with van der Waals surface area (Å²) in [5.74, 6) is 0.168. The average molecular weight is 270 g/mol. The molecule has 0 saturated carbocycles. The summed E-state index contributed by atoms with van der Waals surface area (Å²) in [6.07, 6.45) is 1.73. The van der Waals surface area contributed by atoms with Crippen LogP contribution in [-0.4, -0.2) is 79.5 Å². The van der Waals surface area contributed by atoms with Crippen molar-refractivity contribution in [3.63, 3.8) is 0 Å². The number of hydrogen-bond acceptors (Lipinski definition) is 4. The molecule has 1 amide bonds. The molecule has 5 heteroatoms. The van der Waals surface area contributed by atoms with Crippen molar-refractivity contribution < 1.29 is 4.79 Å². The maximum atomic E-state index is 11.8. The molecule has 0 aliphatic carbocycles. The Bertz CT molecular complexity index is 279. The molecule has 0 aromatic rings. The molecule has 0 radical (unpaired) electrons. The van der Waals surface area contributed by atoms with Crippen molar-refractivity contribution in [3.8, 4) is 0 Å². The van der Waals surface area contributed by atoms with Crippen molar-refractivity contribution in [2.75, 3.05) is 46.8 Å². The molecular weight excluding hydrogens is 240 g/mol. The summed E-state index contributed by atoms with van der Waals surface area (Å²) in [6, 6.07) is 0.814. The van der Waals surface area contributed by atoms with Gasteiger partial charge in [-0.25, -0.2) is 0 Å². The molecule has 2 atom stereocenters. The first-order valence-corrected chi connectivity index (χ1v) is 7.41. The fourth-order valence-corrected chi connectivity index (χ4v) is 2.88. The summed E-state index contributed by atoms with van der Waals surface area (Å²) in [5.41, 5.74) is 5.86. The number of hydrogen-bond donors (Lipinski definition) is 1. The molecule has 112 valence electrons. The highest BCUT2D eigenvalue weighted by Crippen LogP contribution is 2.19. The smallest absolute Gasteiger partial charge is 0.223 e. The minimum absolute atomic E-state index is 0.168. The van der Waals surface area contributed by atoms with Gasteiger partial charge in [0.2, 0.25) is 5.91 Å². The monoisotopic (exact) mass is 270 g/mol. The van der Waals surface area contributed by atoms with Crippen LogP contribution in [0.25, 0.3) is 0 Å². The predicted molar refractivity (Wildman–Crippen MR) is 79.1 cm³/mol. The molecule has 1 heterocycles. The van der Waals surface area contributed by atoms with Crippen molar-refractivity contribution in [1.29, 1.82) is 0 Å². The lowest BCUT2D eigenvalue weighted by Gasteiger charge is -2.30. The van der Waals surface area contributed by atoms with E-state index in [2.05, 4.69) is 23.6 Å². The number of carbonyl (C=O) groups excluding carboxylic acids is 1. The van der Waals surface area contributed by atoms with E-state index in [1.54, 1.807) is 19.0 Å². The molecule has 1 aliphatic heterocycles. The van der Waals surface area contributed by atoms with Crippen LogP contribution in [0.1, 0.15) is 26.7 Å². The Hall–Kier alpha value is -0.650. The van der Waals surface area contributed by atoms with E-state index in [-0.39, 0.29) is 11.9 Å². The fraction of sp³-hybridized carbons (Fsp3) is 0.929. The summed E-state index contributed by atoms with van der Waals surface area (Å²) in [4.78, 5) is 18.4. The minimum atomic E-state index is 0.168. The highest BCUT2D eigenvalue weighted by atomic mass is 16.2. The lowest BCUT2D eigenvalue weighted by atomic mass is 10.1. The van der Waals surface area contributed by atoms with Crippen LogP contribution in [0.15, 0.2) is 0 Å². The van der Waals surface area contributed by atoms with Crippen molar-refractivity contribution in [2.24, 2.45) is 5.73 Å². The first-order valence-electron chi connectivity index (χ1n) is 7.41. The van der Waals surface area contributed by atoms with Gasteiger partial charge in [-0.05, 0) is 19.5 Å². The predicted octanol–water partition coefficient (Wildman–Crippen LogP) is 0.208. The van der Waals surface area contributed by atoms with Gasteiger partial charge in [0.25, 0.3) is 0 Å². The number of nitrogens with two attached hydrogens (primary N) is 1. The molecule has 0 aromatic carbocycles. The molecule has 0 bridgehead atoms. The van der Waals surface area contributed by atoms with Crippen LogP contribution < -0.4 is 5.73 Å². The molecule has 1 rings (SSSR count). The second-order valence-electron chi connectivity index (χ2n) is 5.54. The first kappa shape index (κ1) is 16.4. The molecular formula is C14H30N4O. The van der Waals surface area contributed by atoms with Gasteiger partial charge < -0.3 is 10.6 Å². The molecule has 0 spiro atoms. The van der Waals surface area contributed by atoms with E-state index in [0.29, 0.717) is 19.0 Å². The summed E-state index contributed by atoms with van der Waals surface area (Å²) in [6.45, 7) is 9.28. The van der Waals surface area contributed by atoms with Crippen LogP contribution in [-0.2, 0) is 4.79 Å². The third kappa shape index (κ3) is 4.44. The lowest BCUT2D eigenvalue weighted by molar-refractivity contribution is -0.129. The number of carbonyl (C=O) groups is 1. The standard InChI is InChI=1S/C14H30N4O/c1-5-17(6-2)12-7-8-18(11-12)13(10-15)9-14(19)16(3)4/h12-13H,5-11,15H2,1-4H3. The van der Waals surface area contributed by atoms with E-state index in [0.717, 1.165) is 26.2 Å². The Morgan fingerprint density at radius 3 is 2.47 bits per heavy atom. The van der Waals surface area contributed by atoms with Gasteiger partial charge >= 0.3 is 0 Å². The molecule has 5 nitrogen and oxygen atoms in total. The van der Waals surface area contributed by atoms with Crippen LogP contribution in [0.3, 0.4) is 0 Å². The first-order chi connectivity index (χ1) is 9.03. The van der Waals surface area contributed by atoms with Crippen LogP contribution >= 0.6 is 0 Å². The van der Waals surface area contributed by atoms with Gasteiger partial charge in [-0.2, -0.15) is 0 Å². The fourth-order valence-electron chi connectivity index (χ4n) is 2.88. The summed E-state index contributed by atoms with van der Waals surface area (Å²) in [7, 11) is 3.61. The number of nitrogens with zero attached hydrogens (tertiary/aromatic N) is 3. The Kier molecular flexibility index (Phi) is 6.75. The second-order valence-corrected chi connectivity index (χ2v) is 5.54. The number of likely N-dealkylation sites (tertiary alicyclic amines) is 1. The topological polar surface area (TPSA) is 52.8 Å². The summed E-state index contributed by atoms with van der Waals surface area (Å²) in [5, 5.41) is 0. The van der Waals surface area contributed by atoms with Crippen LogP contribution in [0.4, 0.5) is 0 Å². The number of amides is 1. The third-order valence-corrected chi connectivity index (χ3v) is 4.22. The van der Waals surface area contributed by atoms with Gasteiger partial charge in [-0.3, -0.25) is 14.6 Å². The quantitative estimate of drug-likeness (QED) is 0.718. The van der Waals surface area contributed by atoms with Gasteiger partial charge in [0.05, 0.1) is 0 Å². The third-order valence-electron chi connectivity index (χ3n) is 4.22. The van der Waals surface area contributed by atoms with Crippen LogP contribution in [0.2, 0.25) is 0 Å². The van der Waals surface area contributed by atoms with Gasteiger partial charge in [-0.1, -0.05) is 13.8 Å². The van der Waals surface area contributed by atoms with E-state index in [4.69, 9.17) is 5.73 Å². The van der Waals surface area contributed by atoms with Crippen molar-refractivity contribution in [2.45, 2.75) is 38.8 Å². The molecule has 0 aromatic heterocycles. The minimum Gasteiger partial charge on any atom is -0.349 e. The molecule has 1 fully saturated rings. The van der Waals surface area contributed by atoms with Crippen molar-refractivity contribution in [1.82, 2.24) is 14.7 Å². The van der Waals surface area contributed by atoms with E-state index in [1.165, 1.54) is 6.42 Å². The largest absolute Gasteiger partial charge is 0.349 e. The van der Waals surface area contributed by atoms with Gasteiger partial charge in [0.1, 0.15) is 0 Å². The van der Waals surface area contributed by atoms with Crippen molar-refractivity contribution in [3.05, 3.63) is 0 Å². The maximum absolute atomic E-state index is 11.8. The molecule has 2 unspecified atom stereocenters. The van der Waals surface area contributed by atoms with E-state index in [1.807, 2.05) is 0 Å². The van der Waals surface area contributed by atoms with E-state index in [9.17, 15) is 4.79 Å². The average Bonchev–Trinajstić information content (AvgIpc) is 2.86. The molecule has 2 N–H and O–H groups in total.